The number of allylic oxidation sites excluding steroid dienone is 1. The van der Waals surface area contributed by atoms with Gasteiger partial charge in [-0.1, -0.05) is 50.3 Å². The summed E-state index contributed by atoms with van der Waals surface area (Å²) in [5, 5.41) is 17.3. The molecule has 3 aliphatic carbocycles. The monoisotopic (exact) mass is 897 g/mol. The highest BCUT2D eigenvalue weighted by molar-refractivity contribution is 7.98. The van der Waals surface area contributed by atoms with Gasteiger partial charge < -0.3 is 30.5 Å². The largest absolute Gasteiger partial charge is 0.489 e. The summed E-state index contributed by atoms with van der Waals surface area (Å²) in [6.07, 6.45) is 16.4. The molecule has 3 aliphatic heterocycles. The number of nitrogens with zero attached hydrogens (tertiary/aromatic N) is 4. The molecule has 65 heavy (non-hydrogen) atoms. The van der Waals surface area contributed by atoms with Crippen LogP contribution in [0, 0.1) is 16.2 Å². The van der Waals surface area contributed by atoms with Crippen LogP contribution < -0.4 is 30.1 Å². The van der Waals surface area contributed by atoms with Gasteiger partial charge >= 0.3 is 0 Å². The zero-order valence-corrected chi connectivity index (χ0v) is 38.8. The number of amides is 1. The third kappa shape index (κ3) is 8.95. The van der Waals surface area contributed by atoms with Crippen molar-refractivity contribution in [3.63, 3.8) is 0 Å². The Morgan fingerprint density at radius 3 is 2.62 bits per heavy atom. The predicted molar refractivity (Wildman–Crippen MR) is 259 cm³/mol. The highest BCUT2D eigenvalue weighted by atomic mass is 32.2. The Hall–Kier alpha value is -5.11. The molecule has 0 bridgehead atoms. The summed E-state index contributed by atoms with van der Waals surface area (Å²) in [4.78, 5) is 36.8. The molecule has 4 fully saturated rings. The van der Waals surface area contributed by atoms with E-state index in [0.29, 0.717) is 69.3 Å². The summed E-state index contributed by atoms with van der Waals surface area (Å²) in [6.45, 7) is 10.0. The first kappa shape index (κ1) is 43.8. The van der Waals surface area contributed by atoms with E-state index in [1.165, 1.54) is 43.4 Å². The Bertz CT molecular complexity index is 2470. The van der Waals surface area contributed by atoms with Crippen LogP contribution in [0.25, 0.3) is 6.08 Å². The molecule has 10 rings (SSSR count). The number of aromatic nitrogens is 1. The van der Waals surface area contributed by atoms with E-state index in [2.05, 4.69) is 74.2 Å². The third-order valence-electron chi connectivity index (χ3n) is 15.5. The summed E-state index contributed by atoms with van der Waals surface area (Å²) in [5.74, 6) is 2.08. The first-order chi connectivity index (χ1) is 31.4. The number of anilines is 3. The van der Waals surface area contributed by atoms with Gasteiger partial charge in [0.25, 0.3) is 5.91 Å². The number of nitroso groups, excluding NO2 is 1. The minimum Gasteiger partial charge on any atom is -0.489 e. The van der Waals surface area contributed by atoms with Crippen molar-refractivity contribution in [1.82, 2.24) is 14.6 Å². The Labute approximate surface area is 387 Å². The standard InChI is InChI=1S/C52H63N7O5S/c1-32(2)38-10-5-6-11-39(38)44-13-8-22-59(44)36-29-52(30-36)20-23-58(24-21-52)35-14-15-40(45(26-35)64-47-25-34-9-4-7-12-41(34)55-49(47)53)50(60)57-65-37-27-42(56-62)48-46(28-37)63-31-43(54-48)33-16-18-51(3,61)19-17-33/h4-6,9-11,14-15,25-28,32-33,36,43-44,54,61H,7-8,12-13,16-24,29-31H2,1-3H3,(H2,53,55)(H,57,60)/t33?,43?,44-,51?/m1/s1. The fourth-order valence-electron chi connectivity index (χ4n) is 11.7. The molecule has 1 aromatic heterocycles. The highest BCUT2D eigenvalue weighted by Gasteiger charge is 2.50. The van der Waals surface area contributed by atoms with E-state index in [1.54, 1.807) is 6.07 Å². The lowest BCUT2D eigenvalue weighted by Gasteiger charge is -2.56. The molecule has 2 saturated carbocycles. The molecule has 6 aliphatic rings. The van der Waals surface area contributed by atoms with Crippen molar-refractivity contribution in [2.24, 2.45) is 16.5 Å². The molecule has 13 heteroatoms. The SMILES string of the molecule is CC(C)c1ccccc1[C@H]1CCCN1C1CC2(CCN(c3ccc(C(=O)NSc4cc(N=O)c5c(c4)OCC(C4CCC(C)(O)CC4)N5)c(Oc4cc5c(nc4N)CCC=C5)c3)CC2)C1. The average molecular weight is 898 g/mol. The summed E-state index contributed by atoms with van der Waals surface area (Å²) >= 11 is 1.09. The Balaban J connectivity index is 0.832. The second-order valence-electron chi connectivity index (χ2n) is 20.2. The smallest absolute Gasteiger partial charge is 0.265 e. The summed E-state index contributed by atoms with van der Waals surface area (Å²) < 4.78 is 15.8. The average Bonchev–Trinajstić information content (AvgIpc) is 3.79. The molecule has 1 amide bonds. The zero-order chi connectivity index (χ0) is 44.9. The number of rotatable bonds is 11. The van der Waals surface area contributed by atoms with Gasteiger partial charge in [0.15, 0.2) is 11.6 Å². The number of carbonyl (C=O) groups is 1. The van der Waals surface area contributed by atoms with Gasteiger partial charge in [0.05, 0.1) is 22.9 Å². The number of piperidine rings is 1. The maximum Gasteiger partial charge on any atom is 0.265 e. The van der Waals surface area contributed by atoms with Crippen molar-refractivity contribution >= 4 is 46.8 Å². The van der Waals surface area contributed by atoms with Gasteiger partial charge in [-0.3, -0.25) is 14.4 Å². The number of hydrogen-bond donors (Lipinski definition) is 4. The third-order valence-corrected chi connectivity index (χ3v) is 16.3. The van der Waals surface area contributed by atoms with Crippen molar-refractivity contribution < 1.29 is 19.4 Å². The van der Waals surface area contributed by atoms with E-state index >= 15 is 0 Å². The van der Waals surface area contributed by atoms with E-state index in [1.807, 2.05) is 43.3 Å². The van der Waals surface area contributed by atoms with Crippen LogP contribution in [-0.4, -0.2) is 64.8 Å². The molecule has 4 aromatic rings. The van der Waals surface area contributed by atoms with E-state index in [9.17, 15) is 14.8 Å². The van der Waals surface area contributed by atoms with Crippen LogP contribution in [0.4, 0.5) is 22.9 Å². The number of benzene rings is 3. The lowest BCUT2D eigenvalue weighted by Crippen LogP contribution is -2.54. The first-order valence-corrected chi connectivity index (χ1v) is 24.7. The van der Waals surface area contributed by atoms with Crippen molar-refractivity contribution in [2.45, 2.75) is 132 Å². The fourth-order valence-corrected chi connectivity index (χ4v) is 12.3. The number of fused-ring (bicyclic) bond motifs is 2. The fraction of sp³-hybridized carbons (Fsp3) is 0.500. The topological polar surface area (TPSA) is 155 Å². The molecular formula is C52H63N7O5S. The Morgan fingerprint density at radius 1 is 1.03 bits per heavy atom. The van der Waals surface area contributed by atoms with Gasteiger partial charge in [-0.05, 0) is 172 Å². The van der Waals surface area contributed by atoms with Crippen LogP contribution in [0.1, 0.15) is 136 Å². The molecule has 5 N–H and O–H groups in total. The van der Waals surface area contributed by atoms with Gasteiger partial charge in [0.1, 0.15) is 29.5 Å². The number of nitrogens with one attached hydrogen (secondary N) is 2. The molecule has 1 unspecified atom stereocenters. The minimum absolute atomic E-state index is 0.0112. The van der Waals surface area contributed by atoms with Crippen molar-refractivity contribution in [1.29, 1.82) is 0 Å². The number of nitrogens with two attached hydrogens (primary N) is 1. The molecule has 12 nitrogen and oxygen atoms in total. The van der Waals surface area contributed by atoms with Crippen LogP contribution in [0.3, 0.4) is 0 Å². The first-order valence-electron chi connectivity index (χ1n) is 23.9. The molecule has 4 heterocycles. The van der Waals surface area contributed by atoms with Crippen LogP contribution in [0.2, 0.25) is 0 Å². The number of pyridine rings is 1. The number of nitrogen functional groups attached to an aromatic ring is 1. The predicted octanol–water partition coefficient (Wildman–Crippen LogP) is 11.1. The van der Waals surface area contributed by atoms with E-state index in [4.69, 9.17) is 15.2 Å². The molecular weight excluding hydrogens is 835 g/mol. The normalized spacial score (nSPS) is 25.0. The van der Waals surface area contributed by atoms with Gasteiger partial charge in [0.2, 0.25) is 0 Å². The van der Waals surface area contributed by atoms with Gasteiger partial charge in [-0.25, -0.2) is 4.98 Å². The molecule has 2 saturated heterocycles. The molecule has 2 atom stereocenters. The Kier molecular flexibility index (Phi) is 12.1. The van der Waals surface area contributed by atoms with Crippen LogP contribution in [0.15, 0.2) is 76.8 Å². The summed E-state index contributed by atoms with van der Waals surface area (Å²) in [7, 11) is 0. The maximum absolute atomic E-state index is 14.1. The van der Waals surface area contributed by atoms with Gasteiger partial charge in [0, 0.05) is 41.8 Å². The van der Waals surface area contributed by atoms with E-state index in [-0.39, 0.29) is 23.5 Å². The van der Waals surface area contributed by atoms with Crippen molar-refractivity contribution in [2.75, 3.05) is 42.2 Å². The number of carbonyl (C=O) groups excluding carboxylic acids is 1. The molecule has 342 valence electrons. The molecule has 0 radical (unpaired) electrons. The van der Waals surface area contributed by atoms with Crippen molar-refractivity contribution in [3.05, 3.63) is 99.6 Å². The van der Waals surface area contributed by atoms with Crippen LogP contribution in [-0.2, 0) is 6.42 Å². The number of ether oxygens (including phenoxy) is 2. The van der Waals surface area contributed by atoms with Crippen molar-refractivity contribution in [3.8, 4) is 17.2 Å². The summed E-state index contributed by atoms with van der Waals surface area (Å²) in [5.41, 5.74) is 13.3. The van der Waals surface area contributed by atoms with E-state index < -0.39 is 5.60 Å². The maximum atomic E-state index is 14.1. The quantitative estimate of drug-likeness (QED) is 0.0840. The summed E-state index contributed by atoms with van der Waals surface area (Å²) in [6, 6.07) is 21.5. The van der Waals surface area contributed by atoms with Gasteiger partial charge in [-0.2, -0.15) is 0 Å². The van der Waals surface area contributed by atoms with E-state index in [0.717, 1.165) is 93.3 Å². The number of likely N-dealkylation sites (tertiary alicyclic amines) is 1. The Morgan fingerprint density at radius 2 is 1.83 bits per heavy atom. The highest BCUT2D eigenvalue weighted by Crippen LogP contribution is 2.54. The number of hydrogen-bond acceptors (Lipinski definition) is 12. The number of aliphatic hydroxyl groups is 1. The second-order valence-corrected chi connectivity index (χ2v) is 21.1. The zero-order valence-electron chi connectivity index (χ0n) is 38.0. The lowest BCUT2D eigenvalue weighted by molar-refractivity contribution is -0.0227. The van der Waals surface area contributed by atoms with Crippen LogP contribution >= 0.6 is 11.9 Å². The molecule has 1 spiro atoms. The second kappa shape index (κ2) is 17.9. The lowest BCUT2D eigenvalue weighted by atomic mass is 9.59. The number of aryl methyl sites for hydroxylation is 1. The molecule has 3 aromatic carbocycles. The van der Waals surface area contributed by atoms with Crippen LogP contribution in [0.5, 0.6) is 17.2 Å². The minimum atomic E-state index is -0.634. The van der Waals surface area contributed by atoms with Gasteiger partial charge in [-0.15, -0.1) is 4.91 Å².